The third-order valence-electron chi connectivity index (χ3n) is 2.95. The highest BCUT2D eigenvalue weighted by atomic mass is 79.9. The van der Waals surface area contributed by atoms with Crippen LogP contribution in [0, 0.1) is 6.92 Å². The molecule has 1 unspecified atom stereocenters. The van der Waals surface area contributed by atoms with Crippen LogP contribution in [0.5, 0.6) is 5.75 Å². The molecule has 0 aliphatic heterocycles. The molecule has 0 bridgehead atoms. The van der Waals surface area contributed by atoms with Crippen molar-refractivity contribution in [3.05, 3.63) is 57.0 Å². The molecule has 2 aromatic rings. The van der Waals surface area contributed by atoms with Crippen molar-refractivity contribution >= 4 is 33.2 Å². The molecule has 2 N–H and O–H groups in total. The summed E-state index contributed by atoms with van der Waals surface area (Å²) in [6, 6.07) is 11.2. The van der Waals surface area contributed by atoms with Gasteiger partial charge in [-0.2, -0.15) is 0 Å². The molecule has 0 amide bonds. The van der Waals surface area contributed by atoms with Crippen LogP contribution in [0.1, 0.15) is 24.1 Å². The Bertz CT molecular complexity index is 601. The molecule has 0 fully saturated rings. The number of rotatable bonds is 3. The van der Waals surface area contributed by atoms with Gasteiger partial charge in [-0.25, -0.2) is 0 Å². The molecule has 2 nitrogen and oxygen atoms in total. The number of phenolic OH excluding ortho intramolecular Hbond substituents is 1. The predicted molar refractivity (Wildman–Crippen MR) is 84.0 cm³/mol. The van der Waals surface area contributed by atoms with E-state index in [1.807, 2.05) is 44.2 Å². The fourth-order valence-electron chi connectivity index (χ4n) is 1.94. The molecule has 1 atom stereocenters. The fourth-order valence-corrected chi connectivity index (χ4v) is 2.67. The van der Waals surface area contributed by atoms with Crippen molar-refractivity contribution in [2.24, 2.45) is 0 Å². The molecule has 0 aliphatic carbocycles. The molecule has 0 heterocycles. The average molecular weight is 341 g/mol. The molecule has 0 spiro atoms. The second kappa shape index (κ2) is 5.85. The molecule has 0 radical (unpaired) electrons. The van der Waals surface area contributed by atoms with Crippen molar-refractivity contribution in [1.82, 2.24) is 0 Å². The van der Waals surface area contributed by atoms with Gasteiger partial charge in [-0.3, -0.25) is 0 Å². The first-order valence-corrected chi connectivity index (χ1v) is 7.15. The highest BCUT2D eigenvalue weighted by molar-refractivity contribution is 9.10. The van der Waals surface area contributed by atoms with E-state index in [2.05, 4.69) is 21.2 Å². The highest BCUT2D eigenvalue weighted by Gasteiger charge is 2.12. The minimum atomic E-state index is -0.0291. The quantitative estimate of drug-likeness (QED) is 0.795. The minimum Gasteiger partial charge on any atom is -0.508 e. The SMILES string of the molecule is Cc1ccc(O)c(C(C)Nc2ccc(Br)cc2Cl)c1. The monoisotopic (exact) mass is 339 g/mol. The number of phenols is 1. The first-order valence-electron chi connectivity index (χ1n) is 5.98. The fraction of sp³-hybridized carbons (Fsp3) is 0.200. The molecule has 0 aromatic heterocycles. The van der Waals surface area contributed by atoms with Crippen molar-refractivity contribution in [3.8, 4) is 5.75 Å². The first kappa shape index (κ1) is 14.2. The van der Waals surface area contributed by atoms with Crippen LogP contribution in [0.15, 0.2) is 40.9 Å². The van der Waals surface area contributed by atoms with Crippen molar-refractivity contribution < 1.29 is 5.11 Å². The summed E-state index contributed by atoms with van der Waals surface area (Å²) in [6.07, 6.45) is 0. The lowest BCUT2D eigenvalue weighted by Gasteiger charge is -2.18. The van der Waals surface area contributed by atoms with Gasteiger partial charge in [0, 0.05) is 10.0 Å². The molecule has 0 saturated heterocycles. The molecule has 0 aliphatic rings. The normalized spacial score (nSPS) is 12.2. The summed E-state index contributed by atoms with van der Waals surface area (Å²) < 4.78 is 0.939. The molecule has 4 heteroatoms. The van der Waals surface area contributed by atoms with Crippen LogP contribution in [0.3, 0.4) is 0 Å². The Morgan fingerprint density at radius 3 is 2.63 bits per heavy atom. The standard InChI is InChI=1S/C15H15BrClNO/c1-9-3-6-15(19)12(7-9)10(2)18-14-5-4-11(16)8-13(14)17/h3-8,10,18-19H,1-2H3. The molecule has 2 aromatic carbocycles. The summed E-state index contributed by atoms with van der Waals surface area (Å²) >= 11 is 9.55. The number of hydrogen-bond donors (Lipinski definition) is 2. The second-order valence-electron chi connectivity index (χ2n) is 4.55. The van der Waals surface area contributed by atoms with Gasteiger partial charge < -0.3 is 10.4 Å². The zero-order valence-corrected chi connectivity index (χ0v) is 13.1. The van der Waals surface area contributed by atoms with E-state index in [0.717, 1.165) is 21.3 Å². The van der Waals surface area contributed by atoms with Crippen molar-refractivity contribution in [2.45, 2.75) is 19.9 Å². The second-order valence-corrected chi connectivity index (χ2v) is 5.88. The Balaban J connectivity index is 2.25. The molecule has 100 valence electrons. The van der Waals surface area contributed by atoms with Gasteiger partial charge in [0.05, 0.1) is 16.8 Å². The topological polar surface area (TPSA) is 32.3 Å². The highest BCUT2D eigenvalue weighted by Crippen LogP contribution is 2.31. The summed E-state index contributed by atoms with van der Waals surface area (Å²) in [7, 11) is 0. The molecule has 2 rings (SSSR count). The van der Waals surface area contributed by atoms with E-state index >= 15 is 0 Å². The third kappa shape index (κ3) is 3.43. The number of hydrogen-bond acceptors (Lipinski definition) is 2. The number of halogens is 2. The van der Waals surface area contributed by atoms with Gasteiger partial charge >= 0.3 is 0 Å². The number of aryl methyl sites for hydroxylation is 1. The van der Waals surface area contributed by atoms with E-state index in [4.69, 9.17) is 11.6 Å². The minimum absolute atomic E-state index is 0.0291. The number of anilines is 1. The average Bonchev–Trinajstić information content (AvgIpc) is 2.35. The van der Waals surface area contributed by atoms with Crippen LogP contribution in [-0.4, -0.2) is 5.11 Å². The van der Waals surface area contributed by atoms with Crippen molar-refractivity contribution in [2.75, 3.05) is 5.32 Å². The van der Waals surface area contributed by atoms with Gasteiger partial charge in [0.15, 0.2) is 0 Å². The van der Waals surface area contributed by atoms with Crippen LogP contribution in [0.25, 0.3) is 0 Å². The van der Waals surface area contributed by atoms with E-state index in [0.29, 0.717) is 10.8 Å². The van der Waals surface area contributed by atoms with Gasteiger partial charge in [-0.1, -0.05) is 45.2 Å². The van der Waals surface area contributed by atoms with Gasteiger partial charge in [-0.15, -0.1) is 0 Å². The molecule has 0 saturated carbocycles. The summed E-state index contributed by atoms with van der Waals surface area (Å²) in [5.41, 5.74) is 2.82. The maximum absolute atomic E-state index is 9.92. The number of aromatic hydroxyl groups is 1. The summed E-state index contributed by atoms with van der Waals surface area (Å²) in [6.45, 7) is 4.00. The van der Waals surface area contributed by atoms with Crippen LogP contribution < -0.4 is 5.32 Å². The predicted octanol–water partition coefficient (Wildman–Crippen LogP) is 5.29. The number of benzene rings is 2. The maximum Gasteiger partial charge on any atom is 0.120 e. The smallest absolute Gasteiger partial charge is 0.120 e. The third-order valence-corrected chi connectivity index (χ3v) is 3.76. The first-order chi connectivity index (χ1) is 8.97. The largest absolute Gasteiger partial charge is 0.508 e. The van der Waals surface area contributed by atoms with Gasteiger partial charge in [0.2, 0.25) is 0 Å². The van der Waals surface area contributed by atoms with Crippen molar-refractivity contribution in [1.29, 1.82) is 0 Å². The number of nitrogens with one attached hydrogen (secondary N) is 1. The molecular weight excluding hydrogens is 326 g/mol. The van der Waals surface area contributed by atoms with E-state index in [-0.39, 0.29) is 6.04 Å². The zero-order valence-electron chi connectivity index (χ0n) is 10.7. The lowest BCUT2D eigenvalue weighted by molar-refractivity contribution is 0.465. The zero-order chi connectivity index (χ0) is 14.0. The van der Waals surface area contributed by atoms with E-state index in [9.17, 15) is 5.11 Å². The van der Waals surface area contributed by atoms with Crippen LogP contribution in [0.2, 0.25) is 5.02 Å². The van der Waals surface area contributed by atoms with E-state index in [1.165, 1.54) is 0 Å². The lowest BCUT2D eigenvalue weighted by atomic mass is 10.0. The Labute approximate surface area is 126 Å². The van der Waals surface area contributed by atoms with Gasteiger partial charge in [0.1, 0.15) is 5.75 Å². The Kier molecular flexibility index (Phi) is 4.38. The summed E-state index contributed by atoms with van der Waals surface area (Å²) in [4.78, 5) is 0. The Morgan fingerprint density at radius 2 is 1.95 bits per heavy atom. The lowest BCUT2D eigenvalue weighted by Crippen LogP contribution is -2.07. The summed E-state index contributed by atoms with van der Waals surface area (Å²) in [5, 5.41) is 13.9. The maximum atomic E-state index is 9.92. The van der Waals surface area contributed by atoms with Crippen molar-refractivity contribution in [3.63, 3.8) is 0 Å². The van der Waals surface area contributed by atoms with Crippen LogP contribution in [0.4, 0.5) is 5.69 Å². The Hall–Kier alpha value is -1.19. The van der Waals surface area contributed by atoms with Gasteiger partial charge in [-0.05, 0) is 38.1 Å². The van der Waals surface area contributed by atoms with Crippen LogP contribution in [-0.2, 0) is 0 Å². The van der Waals surface area contributed by atoms with E-state index < -0.39 is 0 Å². The Morgan fingerprint density at radius 1 is 1.21 bits per heavy atom. The molecular formula is C15H15BrClNO. The van der Waals surface area contributed by atoms with Crippen LogP contribution >= 0.6 is 27.5 Å². The van der Waals surface area contributed by atoms with E-state index in [1.54, 1.807) is 6.07 Å². The summed E-state index contributed by atoms with van der Waals surface area (Å²) in [5.74, 6) is 0.291. The molecule has 19 heavy (non-hydrogen) atoms. The van der Waals surface area contributed by atoms with Gasteiger partial charge in [0.25, 0.3) is 0 Å².